The summed E-state index contributed by atoms with van der Waals surface area (Å²) in [7, 11) is 1.44. The average molecular weight is 245 g/mol. The molecule has 0 aromatic rings. The number of nitrogens with one attached hydrogen (secondary N) is 1. The molecule has 1 unspecified atom stereocenters. The first kappa shape index (κ1) is 13.8. The van der Waals surface area contributed by atoms with Gasteiger partial charge in [-0.3, -0.25) is 10.1 Å². The molecule has 0 saturated carbocycles. The number of rotatable bonds is 3. The lowest BCUT2D eigenvalue weighted by Gasteiger charge is -2.42. The van der Waals surface area contributed by atoms with Crippen molar-refractivity contribution < 1.29 is 9.53 Å². The van der Waals surface area contributed by atoms with Crippen molar-refractivity contribution in [1.82, 2.24) is 5.32 Å². The zero-order valence-electron chi connectivity index (χ0n) is 10.9. The summed E-state index contributed by atoms with van der Waals surface area (Å²) in [6, 6.07) is 0.361. The molecular weight excluding hydrogens is 222 g/mol. The van der Waals surface area contributed by atoms with Gasteiger partial charge in [0.15, 0.2) is 0 Å². The maximum absolute atomic E-state index is 11.6. The van der Waals surface area contributed by atoms with Crippen molar-refractivity contribution in [1.29, 1.82) is 0 Å². The topological polar surface area (TPSA) is 38.3 Å². The van der Waals surface area contributed by atoms with Gasteiger partial charge in [0.25, 0.3) is 0 Å². The van der Waals surface area contributed by atoms with Crippen LogP contribution in [-0.2, 0) is 9.53 Å². The molecule has 1 saturated heterocycles. The van der Waals surface area contributed by atoms with E-state index < -0.39 is 5.54 Å². The Morgan fingerprint density at radius 2 is 2.12 bits per heavy atom. The summed E-state index contributed by atoms with van der Waals surface area (Å²) in [5.74, 6) is 2.08. The second-order valence-corrected chi connectivity index (χ2v) is 6.78. The van der Waals surface area contributed by atoms with Crippen LogP contribution in [0.25, 0.3) is 0 Å². The minimum atomic E-state index is -0.603. The smallest absolute Gasteiger partial charge is 0.325 e. The molecule has 16 heavy (non-hydrogen) atoms. The molecule has 4 heteroatoms. The normalized spacial score (nSPS) is 25.2. The van der Waals surface area contributed by atoms with Gasteiger partial charge < -0.3 is 4.74 Å². The molecule has 1 aliphatic rings. The first-order chi connectivity index (χ1) is 7.29. The van der Waals surface area contributed by atoms with Crippen LogP contribution < -0.4 is 5.32 Å². The Labute approximate surface area is 103 Å². The van der Waals surface area contributed by atoms with Crippen LogP contribution in [0.3, 0.4) is 0 Å². The molecule has 0 radical (unpaired) electrons. The average Bonchev–Trinajstić information content (AvgIpc) is 2.19. The first-order valence-corrected chi connectivity index (χ1v) is 6.89. The van der Waals surface area contributed by atoms with Gasteiger partial charge in [0.2, 0.25) is 0 Å². The number of thioether (sulfide) groups is 1. The van der Waals surface area contributed by atoms with Crippen molar-refractivity contribution in [2.24, 2.45) is 5.41 Å². The lowest BCUT2D eigenvalue weighted by atomic mass is 9.81. The van der Waals surface area contributed by atoms with Crippen LogP contribution in [0.15, 0.2) is 0 Å². The first-order valence-electron chi connectivity index (χ1n) is 5.73. The fourth-order valence-electron chi connectivity index (χ4n) is 1.92. The third-order valence-electron chi connectivity index (χ3n) is 3.35. The minimum Gasteiger partial charge on any atom is -0.468 e. The summed E-state index contributed by atoms with van der Waals surface area (Å²) in [6.07, 6.45) is 1.19. The number of carbonyl (C=O) groups excluding carboxylic acids is 1. The summed E-state index contributed by atoms with van der Waals surface area (Å²) in [5.41, 5.74) is -0.356. The highest BCUT2D eigenvalue weighted by atomic mass is 32.2. The van der Waals surface area contributed by atoms with Crippen molar-refractivity contribution >= 4 is 17.7 Å². The summed E-state index contributed by atoms with van der Waals surface area (Å²) in [4.78, 5) is 11.6. The molecule has 94 valence electrons. The van der Waals surface area contributed by atoms with E-state index in [2.05, 4.69) is 19.2 Å². The molecule has 1 rings (SSSR count). The second kappa shape index (κ2) is 4.96. The SMILES string of the molecule is COC(=O)C(C)(C)NC1CSCCC1(C)C. The summed E-state index contributed by atoms with van der Waals surface area (Å²) in [5, 5.41) is 3.44. The van der Waals surface area contributed by atoms with E-state index in [9.17, 15) is 4.79 Å². The third-order valence-corrected chi connectivity index (χ3v) is 4.41. The predicted molar refractivity (Wildman–Crippen MR) is 68.7 cm³/mol. The molecule has 0 spiro atoms. The van der Waals surface area contributed by atoms with E-state index >= 15 is 0 Å². The van der Waals surface area contributed by atoms with Crippen LogP contribution in [0.1, 0.15) is 34.1 Å². The van der Waals surface area contributed by atoms with E-state index in [4.69, 9.17) is 4.74 Å². The lowest BCUT2D eigenvalue weighted by molar-refractivity contribution is -0.147. The van der Waals surface area contributed by atoms with Gasteiger partial charge >= 0.3 is 5.97 Å². The molecule has 1 N–H and O–H groups in total. The summed E-state index contributed by atoms with van der Waals surface area (Å²) >= 11 is 1.95. The van der Waals surface area contributed by atoms with Crippen LogP contribution in [0.5, 0.6) is 0 Å². The number of ether oxygens (including phenoxy) is 1. The molecule has 1 aliphatic heterocycles. The van der Waals surface area contributed by atoms with E-state index in [1.54, 1.807) is 0 Å². The van der Waals surface area contributed by atoms with Gasteiger partial charge in [0.1, 0.15) is 5.54 Å². The maximum Gasteiger partial charge on any atom is 0.325 e. The van der Waals surface area contributed by atoms with Crippen molar-refractivity contribution in [2.45, 2.75) is 45.7 Å². The molecule has 1 heterocycles. The molecule has 0 amide bonds. The zero-order valence-corrected chi connectivity index (χ0v) is 11.7. The number of hydrogen-bond donors (Lipinski definition) is 1. The molecule has 0 aromatic carbocycles. The van der Waals surface area contributed by atoms with Crippen molar-refractivity contribution in [3.8, 4) is 0 Å². The fraction of sp³-hybridized carbons (Fsp3) is 0.917. The Balaban J connectivity index is 2.68. The fourth-order valence-corrected chi connectivity index (χ4v) is 3.53. The molecule has 3 nitrogen and oxygen atoms in total. The second-order valence-electron chi connectivity index (χ2n) is 5.63. The van der Waals surface area contributed by atoms with E-state index in [1.165, 1.54) is 19.3 Å². The molecule has 1 atom stereocenters. The van der Waals surface area contributed by atoms with Crippen LogP contribution in [-0.4, -0.2) is 36.2 Å². The maximum atomic E-state index is 11.6. The highest BCUT2D eigenvalue weighted by molar-refractivity contribution is 7.99. The highest BCUT2D eigenvalue weighted by Gasteiger charge is 2.39. The van der Waals surface area contributed by atoms with Gasteiger partial charge in [-0.2, -0.15) is 11.8 Å². The van der Waals surface area contributed by atoms with E-state index in [0.29, 0.717) is 6.04 Å². The standard InChI is InChI=1S/C12H23NO2S/c1-11(2)6-7-16-8-9(11)13-12(3,4)10(14)15-5/h9,13H,6-8H2,1-5H3. The molecule has 0 aromatic heterocycles. The van der Waals surface area contributed by atoms with Gasteiger partial charge in [-0.1, -0.05) is 13.8 Å². The summed E-state index contributed by atoms with van der Waals surface area (Å²) in [6.45, 7) is 8.29. The van der Waals surface area contributed by atoms with Crippen molar-refractivity contribution in [3.63, 3.8) is 0 Å². The number of hydrogen-bond acceptors (Lipinski definition) is 4. The Morgan fingerprint density at radius 3 is 2.62 bits per heavy atom. The molecule has 0 aliphatic carbocycles. The van der Waals surface area contributed by atoms with Crippen molar-refractivity contribution in [2.75, 3.05) is 18.6 Å². The zero-order chi connectivity index (χ0) is 12.4. The van der Waals surface area contributed by atoms with Crippen LogP contribution in [0.2, 0.25) is 0 Å². The number of methoxy groups -OCH3 is 1. The van der Waals surface area contributed by atoms with Gasteiger partial charge in [-0.15, -0.1) is 0 Å². The Morgan fingerprint density at radius 1 is 1.50 bits per heavy atom. The van der Waals surface area contributed by atoms with Gasteiger partial charge in [0, 0.05) is 11.8 Å². The molecule has 0 bridgehead atoms. The van der Waals surface area contributed by atoms with Crippen LogP contribution in [0.4, 0.5) is 0 Å². The Kier molecular flexibility index (Phi) is 4.29. The van der Waals surface area contributed by atoms with Gasteiger partial charge in [-0.25, -0.2) is 0 Å². The largest absolute Gasteiger partial charge is 0.468 e. The summed E-state index contributed by atoms with van der Waals surface area (Å²) < 4.78 is 4.82. The van der Waals surface area contributed by atoms with E-state index in [0.717, 1.165) is 5.75 Å². The lowest BCUT2D eigenvalue weighted by Crippen LogP contribution is -2.58. The Hall–Kier alpha value is -0.220. The number of esters is 1. The van der Waals surface area contributed by atoms with Crippen LogP contribution in [0, 0.1) is 5.41 Å². The Bertz CT molecular complexity index is 264. The monoisotopic (exact) mass is 245 g/mol. The quantitative estimate of drug-likeness (QED) is 0.772. The third kappa shape index (κ3) is 3.14. The van der Waals surface area contributed by atoms with Gasteiger partial charge in [-0.05, 0) is 31.4 Å². The van der Waals surface area contributed by atoms with E-state index in [-0.39, 0.29) is 11.4 Å². The van der Waals surface area contributed by atoms with E-state index in [1.807, 2.05) is 25.6 Å². The van der Waals surface area contributed by atoms with Crippen LogP contribution >= 0.6 is 11.8 Å². The number of carbonyl (C=O) groups is 1. The predicted octanol–water partition coefficient (Wildman–Crippen LogP) is 2.06. The van der Waals surface area contributed by atoms with Crippen molar-refractivity contribution in [3.05, 3.63) is 0 Å². The molecular formula is C12H23NO2S. The minimum absolute atomic E-state index is 0.195. The van der Waals surface area contributed by atoms with Gasteiger partial charge in [0.05, 0.1) is 7.11 Å². The highest BCUT2D eigenvalue weighted by Crippen LogP contribution is 2.35. The molecule has 1 fully saturated rings.